The maximum atomic E-state index is 13.2. The van der Waals surface area contributed by atoms with Crippen molar-refractivity contribution >= 4 is 44.3 Å². The number of carbonyl (C=O) groups excluding carboxylic acids is 2. The van der Waals surface area contributed by atoms with Gasteiger partial charge in [-0.3, -0.25) is 19.6 Å². The van der Waals surface area contributed by atoms with Crippen LogP contribution in [0.3, 0.4) is 0 Å². The second-order valence-corrected chi connectivity index (χ2v) is 8.51. The zero-order chi connectivity index (χ0) is 24.7. The zero-order valence-electron chi connectivity index (χ0n) is 18.9. The van der Waals surface area contributed by atoms with Gasteiger partial charge in [0.05, 0.1) is 25.4 Å². The van der Waals surface area contributed by atoms with E-state index in [2.05, 4.69) is 21.2 Å². The number of pyridine rings is 1. The molecule has 3 rings (SSSR count). The Morgan fingerprint density at radius 3 is 2.56 bits per heavy atom. The molecule has 0 aliphatic heterocycles. The standard InChI is InChI=1S/C24H26BrN3O6/c1-33-16-8-10-19(21(13-16)34-2)26-24(31)18-14-28(11-5-3-4-6-22(29)27-32)20-12-15(25)7-9-17(20)23(18)30/h7-10,12-14,32H,3-6,11H2,1-2H3,(H,26,31)(H,27,29). The Morgan fingerprint density at radius 2 is 1.85 bits per heavy atom. The number of anilines is 1. The zero-order valence-corrected chi connectivity index (χ0v) is 20.5. The predicted octanol–water partition coefficient (Wildman–Crippen LogP) is 4.10. The van der Waals surface area contributed by atoms with Crippen LogP contribution < -0.4 is 25.7 Å². The monoisotopic (exact) mass is 531 g/mol. The quantitative estimate of drug-likeness (QED) is 0.206. The van der Waals surface area contributed by atoms with E-state index in [1.54, 1.807) is 42.0 Å². The van der Waals surface area contributed by atoms with E-state index in [1.807, 2.05) is 10.6 Å². The van der Waals surface area contributed by atoms with E-state index < -0.39 is 11.8 Å². The fraction of sp³-hybridized carbons (Fsp3) is 0.292. The van der Waals surface area contributed by atoms with Crippen LogP contribution in [0.25, 0.3) is 10.9 Å². The van der Waals surface area contributed by atoms with Crippen LogP contribution >= 0.6 is 15.9 Å². The molecule has 180 valence electrons. The number of benzene rings is 2. The molecule has 1 heterocycles. The fourth-order valence-corrected chi connectivity index (χ4v) is 3.95. The molecule has 3 N–H and O–H groups in total. The van der Waals surface area contributed by atoms with E-state index in [4.69, 9.17) is 14.7 Å². The molecule has 9 nitrogen and oxygen atoms in total. The summed E-state index contributed by atoms with van der Waals surface area (Å²) in [4.78, 5) is 37.4. The molecule has 0 saturated heterocycles. The molecule has 0 atom stereocenters. The van der Waals surface area contributed by atoms with Gasteiger partial charge in [0.1, 0.15) is 17.1 Å². The number of fused-ring (bicyclic) bond motifs is 1. The number of halogens is 1. The number of nitrogens with zero attached hydrogens (tertiary/aromatic N) is 1. The molecular weight excluding hydrogens is 506 g/mol. The first-order valence-corrected chi connectivity index (χ1v) is 11.5. The number of nitrogens with one attached hydrogen (secondary N) is 2. The highest BCUT2D eigenvalue weighted by molar-refractivity contribution is 9.10. The van der Waals surface area contributed by atoms with E-state index in [0.717, 1.165) is 17.3 Å². The Labute approximate surface area is 204 Å². The van der Waals surface area contributed by atoms with Gasteiger partial charge < -0.3 is 19.4 Å². The summed E-state index contributed by atoms with van der Waals surface area (Å²) in [6, 6.07) is 10.3. The molecule has 0 saturated carbocycles. The summed E-state index contributed by atoms with van der Waals surface area (Å²) >= 11 is 3.44. The summed E-state index contributed by atoms with van der Waals surface area (Å²) in [5, 5.41) is 11.8. The number of amides is 2. The molecule has 2 amide bonds. The number of hydrogen-bond donors (Lipinski definition) is 3. The molecule has 0 bridgehead atoms. The number of carbonyl (C=O) groups is 2. The van der Waals surface area contributed by atoms with Gasteiger partial charge >= 0.3 is 0 Å². The smallest absolute Gasteiger partial charge is 0.261 e. The van der Waals surface area contributed by atoms with Crippen molar-refractivity contribution in [1.29, 1.82) is 0 Å². The topological polar surface area (TPSA) is 119 Å². The van der Waals surface area contributed by atoms with Gasteiger partial charge in [0.15, 0.2) is 0 Å². The van der Waals surface area contributed by atoms with Crippen molar-refractivity contribution in [1.82, 2.24) is 10.0 Å². The third-order valence-electron chi connectivity index (χ3n) is 5.37. The lowest BCUT2D eigenvalue weighted by Crippen LogP contribution is -2.24. The van der Waals surface area contributed by atoms with Crippen molar-refractivity contribution in [3.8, 4) is 11.5 Å². The highest BCUT2D eigenvalue weighted by Crippen LogP contribution is 2.29. The van der Waals surface area contributed by atoms with Crippen molar-refractivity contribution in [3.63, 3.8) is 0 Å². The average Bonchev–Trinajstić information content (AvgIpc) is 2.84. The molecule has 0 aliphatic rings. The van der Waals surface area contributed by atoms with Gasteiger partial charge in [0, 0.05) is 35.1 Å². The average molecular weight is 532 g/mol. The van der Waals surface area contributed by atoms with Gasteiger partial charge in [-0.2, -0.15) is 0 Å². The van der Waals surface area contributed by atoms with Gasteiger partial charge in [-0.25, -0.2) is 5.48 Å². The molecule has 0 fully saturated rings. The van der Waals surface area contributed by atoms with Gasteiger partial charge in [0.2, 0.25) is 11.3 Å². The van der Waals surface area contributed by atoms with Crippen molar-refractivity contribution < 1.29 is 24.3 Å². The largest absolute Gasteiger partial charge is 0.497 e. The lowest BCUT2D eigenvalue weighted by molar-refractivity contribution is -0.129. The van der Waals surface area contributed by atoms with Gasteiger partial charge in [-0.05, 0) is 43.2 Å². The van der Waals surface area contributed by atoms with Gasteiger partial charge in [-0.1, -0.05) is 22.4 Å². The number of aromatic nitrogens is 1. The molecule has 2 aromatic carbocycles. The Morgan fingerprint density at radius 1 is 1.06 bits per heavy atom. The lowest BCUT2D eigenvalue weighted by Gasteiger charge is -2.15. The Kier molecular flexibility index (Phi) is 8.67. The first kappa shape index (κ1) is 25.3. The minimum Gasteiger partial charge on any atom is -0.497 e. The number of rotatable bonds is 10. The number of hydroxylamine groups is 1. The number of ether oxygens (including phenoxy) is 2. The summed E-state index contributed by atoms with van der Waals surface area (Å²) < 4.78 is 13.2. The van der Waals surface area contributed by atoms with Crippen molar-refractivity contribution in [2.75, 3.05) is 19.5 Å². The summed E-state index contributed by atoms with van der Waals surface area (Å²) in [7, 11) is 3.01. The molecule has 0 aliphatic carbocycles. The van der Waals surface area contributed by atoms with Crippen LogP contribution in [0.2, 0.25) is 0 Å². The lowest BCUT2D eigenvalue weighted by atomic mass is 10.1. The highest BCUT2D eigenvalue weighted by atomic mass is 79.9. The third-order valence-corrected chi connectivity index (χ3v) is 5.87. The maximum Gasteiger partial charge on any atom is 0.261 e. The Hall–Kier alpha value is -3.37. The SMILES string of the molecule is COc1ccc(NC(=O)c2cn(CCCCCC(=O)NO)c3cc(Br)ccc3c2=O)c(OC)c1. The molecule has 10 heteroatoms. The number of unbranched alkanes of at least 4 members (excludes halogenated alkanes) is 2. The van der Waals surface area contributed by atoms with Crippen LogP contribution in [0.5, 0.6) is 11.5 Å². The van der Waals surface area contributed by atoms with E-state index >= 15 is 0 Å². The maximum absolute atomic E-state index is 13.2. The van der Waals surface area contributed by atoms with Crippen molar-refractivity contribution in [3.05, 3.63) is 62.9 Å². The Balaban J connectivity index is 1.89. The summed E-state index contributed by atoms with van der Waals surface area (Å²) in [5.74, 6) is 0.00642. The van der Waals surface area contributed by atoms with Crippen LogP contribution in [0.1, 0.15) is 36.0 Å². The van der Waals surface area contributed by atoms with Crippen LogP contribution in [-0.4, -0.2) is 35.8 Å². The molecular formula is C24H26BrN3O6. The van der Waals surface area contributed by atoms with E-state index in [1.165, 1.54) is 14.2 Å². The summed E-state index contributed by atoms with van der Waals surface area (Å²) in [6.07, 6.45) is 3.85. The van der Waals surface area contributed by atoms with Gasteiger partial charge in [-0.15, -0.1) is 0 Å². The first-order chi connectivity index (χ1) is 16.4. The van der Waals surface area contributed by atoms with E-state index in [9.17, 15) is 14.4 Å². The van der Waals surface area contributed by atoms with Gasteiger partial charge in [0.25, 0.3) is 5.91 Å². The molecule has 0 radical (unpaired) electrons. The van der Waals surface area contributed by atoms with Crippen LogP contribution in [0.4, 0.5) is 5.69 Å². The molecule has 3 aromatic rings. The predicted molar refractivity (Wildman–Crippen MR) is 132 cm³/mol. The van der Waals surface area contributed by atoms with E-state index in [-0.39, 0.29) is 17.4 Å². The third kappa shape index (κ3) is 5.95. The van der Waals surface area contributed by atoms with Crippen LogP contribution in [-0.2, 0) is 11.3 Å². The molecule has 34 heavy (non-hydrogen) atoms. The second-order valence-electron chi connectivity index (χ2n) is 7.59. The highest BCUT2D eigenvalue weighted by Gasteiger charge is 2.18. The number of hydrogen-bond acceptors (Lipinski definition) is 6. The number of aryl methyl sites for hydroxylation is 1. The molecule has 0 spiro atoms. The summed E-state index contributed by atoms with van der Waals surface area (Å²) in [5.41, 5.74) is 2.37. The fourth-order valence-electron chi connectivity index (χ4n) is 3.60. The van der Waals surface area contributed by atoms with E-state index in [0.29, 0.717) is 41.1 Å². The van der Waals surface area contributed by atoms with Crippen LogP contribution in [0, 0.1) is 0 Å². The number of methoxy groups -OCH3 is 2. The summed E-state index contributed by atoms with van der Waals surface area (Å²) in [6.45, 7) is 0.542. The minimum atomic E-state index is -0.549. The Bertz CT molecular complexity index is 1260. The second kappa shape index (κ2) is 11.7. The molecule has 1 aromatic heterocycles. The minimum absolute atomic E-state index is 0.00681. The normalized spacial score (nSPS) is 10.7. The first-order valence-electron chi connectivity index (χ1n) is 10.7. The van der Waals surface area contributed by atoms with Crippen molar-refractivity contribution in [2.45, 2.75) is 32.2 Å². The van der Waals surface area contributed by atoms with Crippen molar-refractivity contribution in [2.24, 2.45) is 0 Å². The van der Waals surface area contributed by atoms with Crippen LogP contribution in [0.15, 0.2) is 51.9 Å². The molecule has 0 unspecified atom stereocenters.